The van der Waals surface area contributed by atoms with Gasteiger partial charge in [-0.2, -0.15) is 55.4 Å². The number of fused-ring (bicyclic) bond motifs is 6. The molecule has 0 saturated carbocycles. The number of esters is 1. The molecule has 5 aromatic rings. The van der Waals surface area contributed by atoms with Crippen LogP contribution in [0.15, 0.2) is 121 Å². The summed E-state index contributed by atoms with van der Waals surface area (Å²) in [6, 6.07) is 8.85. The predicted octanol–water partition coefficient (Wildman–Crippen LogP) is 7.63. The van der Waals surface area contributed by atoms with Crippen molar-refractivity contribution in [1.82, 2.24) is 0 Å². The molecule has 1 atom stereocenters. The zero-order chi connectivity index (χ0) is 63.4. The zero-order valence-electron chi connectivity index (χ0n) is 44.9. The Kier molecular flexibility index (Phi) is 18.8. The van der Waals surface area contributed by atoms with Crippen LogP contribution in [0.4, 0.5) is 28.9 Å². The van der Waals surface area contributed by atoms with Gasteiger partial charge in [0.25, 0.3) is 50.6 Å². The van der Waals surface area contributed by atoms with Crippen LogP contribution in [0.1, 0.15) is 70.4 Å². The Morgan fingerprint density at radius 3 is 1.69 bits per heavy atom. The molecule has 0 saturated heterocycles. The molecule has 23 nitrogen and oxygen atoms in total. The first-order valence-corrected chi connectivity index (χ1v) is 33.7. The molecule has 2 aliphatic heterocycles. The monoisotopic (exact) mass is 1310 g/mol. The second-order valence-corrected chi connectivity index (χ2v) is 28.7. The molecule has 0 bridgehead atoms. The van der Waals surface area contributed by atoms with Gasteiger partial charge < -0.3 is 18.9 Å². The number of carbonyl (C=O) groups is 1. The predicted molar refractivity (Wildman–Crippen MR) is 296 cm³/mol. The summed E-state index contributed by atoms with van der Waals surface area (Å²) in [5.74, 6) is -14.2. The van der Waals surface area contributed by atoms with E-state index in [1.807, 2.05) is 0 Å². The van der Waals surface area contributed by atoms with Gasteiger partial charge in [-0.1, -0.05) is 36.4 Å². The summed E-state index contributed by atoms with van der Waals surface area (Å²) < 4.78 is 278. The molecule has 0 fully saturated rings. The molecular weight excluding hydrogens is 1260 g/mol. The van der Waals surface area contributed by atoms with Crippen molar-refractivity contribution in [1.29, 1.82) is 0 Å². The number of allylic oxidation sites excluding steroid dienone is 8. The molecule has 5 aromatic carbocycles. The quantitative estimate of drug-likeness (QED) is 0.00613. The van der Waals surface area contributed by atoms with E-state index in [2.05, 4.69) is 4.74 Å². The van der Waals surface area contributed by atoms with Gasteiger partial charge in [0.05, 0.1) is 27.6 Å². The van der Waals surface area contributed by atoms with Crippen LogP contribution in [0.2, 0.25) is 0 Å². The van der Waals surface area contributed by atoms with Gasteiger partial charge in [0, 0.05) is 71.8 Å². The van der Waals surface area contributed by atoms with Crippen molar-refractivity contribution < 1.29 is 114 Å². The maximum atomic E-state index is 14.6. The average molecular weight is 1310 g/mol. The van der Waals surface area contributed by atoms with Crippen molar-refractivity contribution in [2.24, 2.45) is 0 Å². The lowest BCUT2D eigenvalue weighted by atomic mass is 9.75. The number of benzene rings is 5. The minimum atomic E-state index is -6.05. The number of nitrogens with zero attached hydrogens (tertiary/aromatic N) is 2. The third-order valence-corrected chi connectivity index (χ3v) is 19.4. The first kappa shape index (κ1) is 66.2. The molecule has 0 radical (unpaired) electrons. The van der Waals surface area contributed by atoms with E-state index in [0.717, 1.165) is 12.1 Å². The van der Waals surface area contributed by atoms with E-state index >= 15 is 0 Å². The molecule has 2 aliphatic rings. The van der Waals surface area contributed by atoms with Gasteiger partial charge in [0.15, 0.2) is 17.3 Å². The Morgan fingerprint density at radius 1 is 0.647 bits per heavy atom. The van der Waals surface area contributed by atoms with Crippen LogP contribution in [0.3, 0.4) is 0 Å². The highest BCUT2D eigenvalue weighted by atomic mass is 32.2. The lowest BCUT2D eigenvalue weighted by Gasteiger charge is -2.30. The largest absolute Gasteiger partial charge is 0.744 e. The first-order valence-electron chi connectivity index (χ1n) is 24.9. The molecule has 460 valence electrons. The zero-order valence-corrected chi connectivity index (χ0v) is 49.8. The Bertz CT molecular complexity index is 4480. The molecule has 0 spiro atoms. The standard InChI is InChI=1S/C52H52F4N2O21S6/c1-51(2)40(14-9-6-5-7-10-15-41-52(3,21-13-25-80(60,61)62)44-35-27-31(82(66,67)68)29-39(84(72,73)74)33(35)18-20-37(44)58(41)23-24-78-4)57(36-19-17-32-34(43(36)51)26-30(81(63,64)65)28-38(32)83(69,70)71)22-12-8-11-16-42(59)79-49-45(53)47(55)50(85(75,76)77)48(56)46(49)54/h5-7,9-10,14-15,17-20,26-29H,8,11-13,16,21-25H2,1-4H3,(H5-,60,61,62,63,64,65,66,67,68,69,70,71,72,73,74,75,76,77). The summed E-state index contributed by atoms with van der Waals surface area (Å²) >= 11 is 0. The molecule has 2 heterocycles. The molecule has 7 rings (SSSR count). The number of unbranched alkanes of at least 4 members (excludes halogenated alkanes) is 2. The summed E-state index contributed by atoms with van der Waals surface area (Å²) in [5, 5.41) is -0.314. The Hall–Kier alpha value is -6.34. The van der Waals surface area contributed by atoms with Crippen molar-refractivity contribution in [2.75, 3.05) is 37.5 Å². The van der Waals surface area contributed by atoms with Crippen molar-refractivity contribution in [3.63, 3.8) is 0 Å². The minimum absolute atomic E-state index is 0.00883. The van der Waals surface area contributed by atoms with Crippen LogP contribution in [-0.2, 0) is 81.1 Å². The Balaban J connectivity index is 1.25. The van der Waals surface area contributed by atoms with E-state index in [4.69, 9.17) is 4.74 Å². The van der Waals surface area contributed by atoms with E-state index in [-0.39, 0.29) is 78.9 Å². The highest BCUT2D eigenvalue weighted by Gasteiger charge is 2.47. The number of ether oxygens (including phenoxy) is 2. The van der Waals surface area contributed by atoms with Gasteiger partial charge >= 0.3 is 5.97 Å². The Morgan fingerprint density at radius 2 is 1.18 bits per heavy atom. The second kappa shape index (κ2) is 24.1. The van der Waals surface area contributed by atoms with Crippen molar-refractivity contribution in [2.45, 2.75) is 94.6 Å². The number of halogens is 4. The number of rotatable bonds is 23. The number of hydrogen-bond acceptors (Lipinski definition) is 17. The van der Waals surface area contributed by atoms with Gasteiger partial charge in [-0.3, -0.25) is 27.6 Å². The molecule has 33 heteroatoms. The fourth-order valence-corrected chi connectivity index (χ4v) is 14.5. The van der Waals surface area contributed by atoms with Gasteiger partial charge in [-0.15, -0.1) is 0 Å². The fourth-order valence-electron chi connectivity index (χ4n) is 10.7. The topological polar surface area (TPSA) is 371 Å². The summed E-state index contributed by atoms with van der Waals surface area (Å²) in [5.41, 5.74) is -0.200. The number of hydrogen-bond donors (Lipinski definition) is 5. The molecule has 0 aliphatic carbocycles. The molecule has 0 amide bonds. The average Bonchev–Trinajstić information content (AvgIpc) is 1.81. The molecule has 0 aromatic heterocycles. The van der Waals surface area contributed by atoms with Crippen LogP contribution in [0, 0.1) is 23.3 Å². The van der Waals surface area contributed by atoms with Crippen LogP contribution >= 0.6 is 0 Å². The number of carbonyl (C=O) groups excluding carboxylic acids is 1. The minimum Gasteiger partial charge on any atom is -0.744 e. The molecule has 5 N–H and O–H groups in total. The van der Waals surface area contributed by atoms with Crippen molar-refractivity contribution in [3.05, 3.63) is 131 Å². The summed E-state index contributed by atoms with van der Waals surface area (Å²) in [4.78, 5) is 8.51. The van der Waals surface area contributed by atoms with Gasteiger partial charge in [-0.05, 0) is 105 Å². The molecular formula is C52H52F4N2O21S6. The van der Waals surface area contributed by atoms with Crippen LogP contribution in [0.5, 0.6) is 5.75 Å². The lowest BCUT2D eigenvalue weighted by molar-refractivity contribution is -0.438. The van der Waals surface area contributed by atoms with E-state index in [9.17, 15) is 100 Å². The van der Waals surface area contributed by atoms with Crippen molar-refractivity contribution >= 4 is 105 Å². The SMILES string of the molecule is COCCN1C(=CC=CC=CC=CC2=[N+](CCCCCC(=O)Oc3c(F)c(F)c(S(=O)(=O)[O-])c(F)c3F)c3ccc4c(S(=O)(=O)O)cc(S(=O)(=O)O)cc4c3C2(C)C)C(C)(CCCS(=O)(=O)O)c2c1ccc1c(S(=O)(=O)O)cc(S(=O)(=O)O)cc21. The maximum Gasteiger partial charge on any atom is 0.311 e. The van der Waals surface area contributed by atoms with Gasteiger partial charge in [0.1, 0.15) is 31.3 Å². The van der Waals surface area contributed by atoms with Crippen LogP contribution < -0.4 is 9.64 Å². The van der Waals surface area contributed by atoms with Crippen molar-refractivity contribution in [3.8, 4) is 5.75 Å². The van der Waals surface area contributed by atoms with E-state index in [1.165, 1.54) is 31.4 Å². The third-order valence-electron chi connectivity index (χ3n) is 14.3. The normalized spacial score (nSPS) is 17.4. The van der Waals surface area contributed by atoms with Gasteiger partial charge in [-0.25, -0.2) is 17.2 Å². The van der Waals surface area contributed by atoms with E-state index in [1.54, 1.807) is 72.8 Å². The van der Waals surface area contributed by atoms with Gasteiger partial charge in [0.2, 0.25) is 23.1 Å². The molecule has 85 heavy (non-hydrogen) atoms. The van der Waals surface area contributed by atoms with E-state index in [0.29, 0.717) is 40.5 Å². The molecule has 1 unspecified atom stereocenters. The fraction of sp³-hybridized carbons (Fsp3) is 0.308. The summed E-state index contributed by atoms with van der Waals surface area (Å²) in [7, 11) is -29.6. The highest BCUT2D eigenvalue weighted by molar-refractivity contribution is 7.87. The number of anilines is 1. The lowest BCUT2D eigenvalue weighted by Crippen LogP contribution is -2.31. The smallest absolute Gasteiger partial charge is 0.311 e. The number of methoxy groups -OCH3 is 1. The first-order chi connectivity index (χ1) is 39.2. The van der Waals surface area contributed by atoms with E-state index < -0.39 is 143 Å². The van der Waals surface area contributed by atoms with Crippen LogP contribution in [0.25, 0.3) is 21.5 Å². The highest BCUT2D eigenvalue weighted by Crippen LogP contribution is 2.54. The third kappa shape index (κ3) is 13.8. The van der Waals surface area contributed by atoms with Crippen LogP contribution in [-0.4, -0.2) is 127 Å². The maximum absolute atomic E-state index is 14.6. The Labute approximate surface area is 485 Å². The summed E-state index contributed by atoms with van der Waals surface area (Å²) in [6.07, 6.45) is 10.5. The summed E-state index contributed by atoms with van der Waals surface area (Å²) in [6.45, 7) is 5.36. The second-order valence-electron chi connectivity index (χ2n) is 20.2.